The van der Waals surface area contributed by atoms with Gasteiger partial charge >= 0.3 is 0 Å². The number of carbonyl (C=O) groups excluding carboxylic acids is 3. The molecule has 1 fully saturated rings. The van der Waals surface area contributed by atoms with Crippen LogP contribution in [0.2, 0.25) is 0 Å². The molecular weight excluding hydrogens is 504 g/mol. The Hall–Kier alpha value is -4.39. The Morgan fingerprint density at radius 3 is 2.38 bits per heavy atom. The average molecular weight is 537 g/mol. The first-order chi connectivity index (χ1) is 19.1. The van der Waals surface area contributed by atoms with Crippen molar-refractivity contribution in [1.29, 1.82) is 0 Å². The molecule has 204 valence electrons. The fraction of sp³-hybridized carbons (Fsp3) is 0.303. The molecule has 4 unspecified atom stereocenters. The Bertz CT molecular complexity index is 1590. The maximum Gasteiger partial charge on any atom is 0.238 e. The molecule has 3 aromatic carbocycles. The lowest BCUT2D eigenvalue weighted by Gasteiger charge is -2.38. The third-order valence-corrected chi connectivity index (χ3v) is 8.48. The molecule has 7 nitrogen and oxygen atoms in total. The van der Waals surface area contributed by atoms with Gasteiger partial charge in [0, 0.05) is 27.9 Å². The van der Waals surface area contributed by atoms with E-state index in [0.717, 1.165) is 16.8 Å². The van der Waals surface area contributed by atoms with Gasteiger partial charge in [-0.1, -0.05) is 63.3 Å². The number of para-hydroxylation sites is 1. The first-order valence-corrected chi connectivity index (χ1v) is 13.4. The summed E-state index contributed by atoms with van der Waals surface area (Å²) >= 11 is 0. The highest BCUT2D eigenvalue weighted by molar-refractivity contribution is 6.17. The number of nitrogens with zero attached hydrogens (tertiary/aromatic N) is 1. The van der Waals surface area contributed by atoms with E-state index in [4.69, 9.17) is 9.47 Å². The van der Waals surface area contributed by atoms with E-state index < -0.39 is 28.8 Å². The van der Waals surface area contributed by atoms with Gasteiger partial charge in [0.15, 0.2) is 11.6 Å². The molecule has 0 bridgehead atoms. The van der Waals surface area contributed by atoms with Crippen molar-refractivity contribution >= 4 is 34.9 Å². The van der Waals surface area contributed by atoms with Gasteiger partial charge < -0.3 is 19.7 Å². The van der Waals surface area contributed by atoms with E-state index in [0.29, 0.717) is 22.7 Å². The summed E-state index contributed by atoms with van der Waals surface area (Å²) in [6.07, 6.45) is 3.93. The highest BCUT2D eigenvalue weighted by Crippen LogP contribution is 2.58. The van der Waals surface area contributed by atoms with E-state index >= 15 is 0 Å². The minimum absolute atomic E-state index is 0.107. The predicted octanol–water partition coefficient (Wildman–Crippen LogP) is 5.29. The number of nitrogens with one attached hydrogen (secondary N) is 1. The summed E-state index contributed by atoms with van der Waals surface area (Å²) in [7, 11) is 3.15. The lowest BCUT2D eigenvalue weighted by Crippen LogP contribution is -2.51. The first kappa shape index (κ1) is 25.9. The second kappa shape index (κ2) is 9.08. The third kappa shape index (κ3) is 3.53. The topological polar surface area (TPSA) is 84.9 Å². The number of amides is 1. The number of hydrogen-bond donors (Lipinski definition) is 1. The largest absolute Gasteiger partial charge is 0.497 e. The van der Waals surface area contributed by atoms with Gasteiger partial charge in [-0.05, 0) is 42.0 Å². The van der Waals surface area contributed by atoms with Crippen LogP contribution in [0.15, 0.2) is 72.8 Å². The molecule has 0 aromatic heterocycles. The highest BCUT2D eigenvalue weighted by Gasteiger charge is 2.70. The quantitative estimate of drug-likeness (QED) is 0.446. The van der Waals surface area contributed by atoms with E-state index in [1.165, 1.54) is 0 Å². The van der Waals surface area contributed by atoms with Crippen LogP contribution in [0.3, 0.4) is 0 Å². The number of rotatable bonds is 5. The van der Waals surface area contributed by atoms with Gasteiger partial charge in [-0.25, -0.2) is 0 Å². The molecule has 3 heterocycles. The van der Waals surface area contributed by atoms with Crippen molar-refractivity contribution in [2.75, 3.05) is 24.4 Å². The molecule has 0 aliphatic carbocycles. The number of ether oxygens (including phenoxy) is 2. The van der Waals surface area contributed by atoms with Crippen LogP contribution >= 0.6 is 0 Å². The number of ketones is 2. The van der Waals surface area contributed by atoms with Crippen molar-refractivity contribution < 1.29 is 23.9 Å². The summed E-state index contributed by atoms with van der Waals surface area (Å²) in [6, 6.07) is 18.6. The monoisotopic (exact) mass is 536 g/mol. The van der Waals surface area contributed by atoms with Crippen molar-refractivity contribution in [2.24, 2.45) is 11.3 Å². The van der Waals surface area contributed by atoms with Gasteiger partial charge in [-0.2, -0.15) is 0 Å². The molecule has 6 rings (SSSR count). The summed E-state index contributed by atoms with van der Waals surface area (Å²) in [4.78, 5) is 45.6. The molecule has 3 aromatic rings. The van der Waals surface area contributed by atoms with Crippen molar-refractivity contribution in [3.8, 4) is 11.5 Å². The minimum Gasteiger partial charge on any atom is -0.497 e. The summed E-state index contributed by atoms with van der Waals surface area (Å²) in [5.74, 6) is -0.449. The SMILES string of the molecule is COc1cccc(C(=O)C2C(C(=O)C(C)(C)C)N3c4ccc(OC)cc4C=CC3C23C(=O)Nc2ccccc23)c1. The van der Waals surface area contributed by atoms with Crippen molar-refractivity contribution in [3.63, 3.8) is 0 Å². The van der Waals surface area contributed by atoms with Gasteiger partial charge in [0.05, 0.1) is 26.2 Å². The second-order valence-corrected chi connectivity index (χ2v) is 11.6. The minimum atomic E-state index is -1.34. The van der Waals surface area contributed by atoms with Crippen LogP contribution in [0.1, 0.15) is 42.3 Å². The molecule has 7 heteroatoms. The van der Waals surface area contributed by atoms with E-state index in [-0.39, 0.29) is 17.5 Å². The molecule has 1 amide bonds. The fourth-order valence-electron chi connectivity index (χ4n) is 6.68. The standard InChI is InChI=1S/C33H32N2O5/c1-32(2,3)30(37)28-27(29(36)20-9-8-10-21(18-20)39-4)33(23-11-6-7-12-24(23)34-31(33)38)26-16-13-19-17-22(40-5)14-15-25(19)35(26)28/h6-18,26-28H,1-5H3,(H,34,38). The van der Waals surface area contributed by atoms with E-state index in [1.807, 2.05) is 80.3 Å². The van der Waals surface area contributed by atoms with Crippen LogP contribution in [0.4, 0.5) is 11.4 Å². The van der Waals surface area contributed by atoms with Crippen LogP contribution in [0.5, 0.6) is 11.5 Å². The van der Waals surface area contributed by atoms with E-state index in [2.05, 4.69) is 5.32 Å². The summed E-state index contributed by atoms with van der Waals surface area (Å²) in [6.45, 7) is 5.58. The van der Waals surface area contributed by atoms with Crippen molar-refractivity contribution in [3.05, 3.63) is 89.5 Å². The Kier molecular flexibility index (Phi) is 5.87. The molecule has 1 saturated heterocycles. The lowest BCUT2D eigenvalue weighted by atomic mass is 9.63. The zero-order chi connectivity index (χ0) is 28.4. The zero-order valence-electron chi connectivity index (χ0n) is 23.2. The highest BCUT2D eigenvalue weighted by atomic mass is 16.5. The molecule has 4 atom stereocenters. The number of carbonyl (C=O) groups is 3. The Balaban J connectivity index is 1.67. The number of fused-ring (bicyclic) bond motifs is 6. The smallest absolute Gasteiger partial charge is 0.238 e. The summed E-state index contributed by atoms with van der Waals surface area (Å²) in [5, 5.41) is 3.05. The zero-order valence-corrected chi connectivity index (χ0v) is 23.2. The molecular formula is C33H32N2O5. The molecule has 3 aliphatic rings. The van der Waals surface area contributed by atoms with Gasteiger partial charge in [0.1, 0.15) is 23.0 Å². The van der Waals surface area contributed by atoms with Crippen molar-refractivity contribution in [1.82, 2.24) is 0 Å². The molecule has 0 saturated carbocycles. The van der Waals surface area contributed by atoms with Crippen LogP contribution < -0.4 is 19.7 Å². The summed E-state index contributed by atoms with van der Waals surface area (Å²) in [5.41, 5.74) is 1.31. The first-order valence-electron chi connectivity index (χ1n) is 13.4. The molecule has 3 aliphatic heterocycles. The van der Waals surface area contributed by atoms with Crippen molar-refractivity contribution in [2.45, 2.75) is 38.3 Å². The molecule has 40 heavy (non-hydrogen) atoms. The Morgan fingerprint density at radius 1 is 0.925 bits per heavy atom. The molecule has 0 radical (unpaired) electrons. The van der Waals surface area contributed by atoms with E-state index in [9.17, 15) is 14.4 Å². The molecule has 1 spiro atoms. The number of anilines is 2. The Morgan fingerprint density at radius 2 is 1.65 bits per heavy atom. The third-order valence-electron chi connectivity index (χ3n) is 8.48. The van der Waals surface area contributed by atoms with Gasteiger partial charge in [-0.15, -0.1) is 0 Å². The summed E-state index contributed by atoms with van der Waals surface area (Å²) < 4.78 is 10.9. The second-order valence-electron chi connectivity index (χ2n) is 11.6. The van der Waals surface area contributed by atoms with Crippen LogP contribution in [0.25, 0.3) is 6.08 Å². The number of benzene rings is 3. The van der Waals surface area contributed by atoms with Crippen LogP contribution in [-0.2, 0) is 15.0 Å². The predicted molar refractivity (Wildman–Crippen MR) is 154 cm³/mol. The van der Waals surface area contributed by atoms with Gasteiger partial charge in [-0.3, -0.25) is 14.4 Å². The maximum absolute atomic E-state index is 14.8. The van der Waals surface area contributed by atoms with Crippen LogP contribution in [0, 0.1) is 11.3 Å². The van der Waals surface area contributed by atoms with E-state index in [1.54, 1.807) is 38.5 Å². The lowest BCUT2D eigenvalue weighted by molar-refractivity contribution is -0.128. The maximum atomic E-state index is 14.8. The normalized spacial score (nSPS) is 24.3. The van der Waals surface area contributed by atoms with Gasteiger partial charge in [0.25, 0.3) is 0 Å². The number of hydrogen-bond acceptors (Lipinski definition) is 6. The number of Topliss-reactive ketones (excluding diaryl/α,β-unsaturated/α-hetero) is 2. The fourth-order valence-corrected chi connectivity index (χ4v) is 6.68. The van der Waals surface area contributed by atoms with Crippen LogP contribution in [-0.4, -0.2) is 43.8 Å². The Labute approximate surface area is 233 Å². The number of methoxy groups -OCH3 is 2. The molecule has 1 N–H and O–H groups in total. The van der Waals surface area contributed by atoms with Gasteiger partial charge in [0.2, 0.25) is 5.91 Å². The average Bonchev–Trinajstić information content (AvgIpc) is 3.43.